The number of amides is 1. The van der Waals surface area contributed by atoms with Crippen LogP contribution in [-0.2, 0) is 0 Å². The van der Waals surface area contributed by atoms with E-state index in [0.29, 0.717) is 30.2 Å². The van der Waals surface area contributed by atoms with Crippen LogP contribution in [0.1, 0.15) is 36.2 Å². The molecule has 1 amide bonds. The summed E-state index contributed by atoms with van der Waals surface area (Å²) in [5.74, 6) is 2.32. The maximum absolute atomic E-state index is 12.2. The Labute approximate surface area is 189 Å². The molecular formula is C22H26IN5O2. The van der Waals surface area contributed by atoms with Gasteiger partial charge in [0, 0.05) is 32.1 Å². The number of furan rings is 1. The van der Waals surface area contributed by atoms with E-state index in [1.54, 1.807) is 12.1 Å². The van der Waals surface area contributed by atoms with Crippen molar-refractivity contribution in [3.05, 3.63) is 45.9 Å². The number of nitrogens with zero attached hydrogens (tertiary/aromatic N) is 3. The molecule has 4 rings (SSSR count). The second-order valence-corrected chi connectivity index (χ2v) is 9.02. The number of carbonyl (C=O) groups is 1. The van der Waals surface area contributed by atoms with E-state index in [1.165, 1.54) is 0 Å². The maximum atomic E-state index is 12.2. The summed E-state index contributed by atoms with van der Waals surface area (Å²) in [6.45, 7) is 0.681. The van der Waals surface area contributed by atoms with Gasteiger partial charge >= 0.3 is 0 Å². The second kappa shape index (κ2) is 9.20. The van der Waals surface area contributed by atoms with E-state index < -0.39 is 0 Å². The summed E-state index contributed by atoms with van der Waals surface area (Å²) < 4.78 is 6.09. The van der Waals surface area contributed by atoms with Crippen LogP contribution in [0.3, 0.4) is 0 Å². The Hall–Kier alpha value is -2.36. The van der Waals surface area contributed by atoms with Crippen LogP contribution in [0, 0.1) is 9.68 Å². The lowest BCUT2D eigenvalue weighted by Gasteiger charge is -2.29. The zero-order chi connectivity index (χ0) is 21.1. The third kappa shape index (κ3) is 4.85. The van der Waals surface area contributed by atoms with Crippen molar-refractivity contribution >= 4 is 51.2 Å². The zero-order valence-electron chi connectivity index (χ0n) is 17.2. The lowest BCUT2D eigenvalue weighted by atomic mass is 9.86. The average Bonchev–Trinajstić information content (AvgIpc) is 3.19. The quantitative estimate of drug-likeness (QED) is 0.473. The molecule has 2 aromatic heterocycles. The van der Waals surface area contributed by atoms with Gasteiger partial charge in [0.15, 0.2) is 9.53 Å². The SMILES string of the molecule is CN(C)c1nc(NC2CCC(CNC(=O)c3ccc(I)o3)CC2)nc2ccccc12. The lowest BCUT2D eigenvalue weighted by molar-refractivity contribution is 0.0914. The Bertz CT molecular complexity index is 1030. The molecule has 7 nitrogen and oxygen atoms in total. The third-order valence-corrected chi connectivity index (χ3v) is 6.11. The van der Waals surface area contributed by atoms with Crippen LogP contribution in [0.15, 0.2) is 40.8 Å². The molecule has 0 spiro atoms. The van der Waals surface area contributed by atoms with Crippen LogP contribution in [0.2, 0.25) is 0 Å². The minimum Gasteiger partial charge on any atom is -0.445 e. The molecule has 0 atom stereocenters. The summed E-state index contributed by atoms with van der Waals surface area (Å²) in [7, 11) is 4.00. The molecule has 0 bridgehead atoms. The van der Waals surface area contributed by atoms with Crippen molar-refractivity contribution in [1.29, 1.82) is 0 Å². The number of fused-ring (bicyclic) bond motifs is 1. The van der Waals surface area contributed by atoms with Crippen molar-refractivity contribution in [2.75, 3.05) is 30.9 Å². The van der Waals surface area contributed by atoms with Gasteiger partial charge in [-0.1, -0.05) is 12.1 Å². The van der Waals surface area contributed by atoms with E-state index in [-0.39, 0.29) is 5.91 Å². The number of para-hydroxylation sites is 1. The van der Waals surface area contributed by atoms with E-state index in [4.69, 9.17) is 14.4 Å². The molecule has 8 heteroatoms. The van der Waals surface area contributed by atoms with Crippen molar-refractivity contribution in [3.63, 3.8) is 0 Å². The van der Waals surface area contributed by atoms with Gasteiger partial charge in [0.1, 0.15) is 5.82 Å². The van der Waals surface area contributed by atoms with Crippen LogP contribution in [0.5, 0.6) is 0 Å². The van der Waals surface area contributed by atoms with Crippen molar-refractivity contribution < 1.29 is 9.21 Å². The Balaban J connectivity index is 1.32. The van der Waals surface area contributed by atoms with E-state index in [1.807, 2.05) is 37.2 Å². The monoisotopic (exact) mass is 519 g/mol. The molecule has 158 valence electrons. The number of aromatic nitrogens is 2. The highest BCUT2D eigenvalue weighted by atomic mass is 127. The summed E-state index contributed by atoms with van der Waals surface area (Å²) in [4.78, 5) is 23.6. The van der Waals surface area contributed by atoms with E-state index in [9.17, 15) is 4.79 Å². The Morgan fingerprint density at radius 1 is 1.13 bits per heavy atom. The topological polar surface area (TPSA) is 83.3 Å². The van der Waals surface area contributed by atoms with E-state index in [0.717, 1.165) is 46.2 Å². The summed E-state index contributed by atoms with van der Waals surface area (Å²) in [5.41, 5.74) is 0.947. The number of hydrogen-bond donors (Lipinski definition) is 2. The van der Waals surface area contributed by atoms with Crippen LogP contribution >= 0.6 is 22.6 Å². The van der Waals surface area contributed by atoms with Gasteiger partial charge in [-0.05, 0) is 78.5 Å². The highest BCUT2D eigenvalue weighted by molar-refractivity contribution is 14.1. The number of anilines is 2. The Morgan fingerprint density at radius 3 is 2.60 bits per heavy atom. The van der Waals surface area contributed by atoms with Gasteiger partial charge in [0.2, 0.25) is 5.95 Å². The summed E-state index contributed by atoms with van der Waals surface area (Å²) in [6, 6.07) is 11.9. The predicted octanol–water partition coefficient (Wildman–Crippen LogP) is 4.29. The molecule has 3 aromatic rings. The molecule has 0 aliphatic heterocycles. The van der Waals surface area contributed by atoms with Crippen LogP contribution in [0.25, 0.3) is 10.9 Å². The molecule has 1 fully saturated rings. The molecule has 1 aliphatic carbocycles. The van der Waals surface area contributed by atoms with Gasteiger partial charge in [-0.15, -0.1) is 0 Å². The molecule has 0 unspecified atom stereocenters. The first-order valence-corrected chi connectivity index (χ1v) is 11.3. The lowest BCUT2D eigenvalue weighted by Crippen LogP contribution is -2.34. The highest BCUT2D eigenvalue weighted by Crippen LogP contribution is 2.28. The molecule has 2 heterocycles. The fraction of sp³-hybridized carbons (Fsp3) is 0.409. The van der Waals surface area contributed by atoms with Gasteiger partial charge in [-0.3, -0.25) is 4.79 Å². The Morgan fingerprint density at radius 2 is 1.90 bits per heavy atom. The van der Waals surface area contributed by atoms with Gasteiger partial charge in [-0.25, -0.2) is 4.98 Å². The normalized spacial score (nSPS) is 18.9. The second-order valence-electron chi connectivity index (χ2n) is 7.96. The van der Waals surface area contributed by atoms with Crippen LogP contribution in [-0.4, -0.2) is 42.6 Å². The van der Waals surface area contributed by atoms with Crippen molar-refractivity contribution in [3.8, 4) is 0 Å². The van der Waals surface area contributed by atoms with Crippen LogP contribution in [0.4, 0.5) is 11.8 Å². The number of nitrogens with one attached hydrogen (secondary N) is 2. The van der Waals surface area contributed by atoms with E-state index >= 15 is 0 Å². The maximum Gasteiger partial charge on any atom is 0.287 e. The highest BCUT2D eigenvalue weighted by Gasteiger charge is 2.23. The first-order chi connectivity index (χ1) is 14.5. The molecule has 30 heavy (non-hydrogen) atoms. The number of halogens is 1. The van der Waals surface area contributed by atoms with Gasteiger partial charge in [-0.2, -0.15) is 4.98 Å². The largest absolute Gasteiger partial charge is 0.445 e. The minimum absolute atomic E-state index is 0.140. The molecule has 0 saturated heterocycles. The first-order valence-electron chi connectivity index (χ1n) is 10.2. The predicted molar refractivity (Wildman–Crippen MR) is 127 cm³/mol. The van der Waals surface area contributed by atoms with Crippen LogP contribution < -0.4 is 15.5 Å². The summed E-state index contributed by atoms with van der Waals surface area (Å²) in [6.07, 6.45) is 4.18. The fourth-order valence-corrected chi connectivity index (χ4v) is 4.34. The minimum atomic E-state index is -0.140. The molecule has 1 aliphatic rings. The van der Waals surface area contributed by atoms with Gasteiger partial charge in [0.05, 0.1) is 5.52 Å². The average molecular weight is 519 g/mol. The van der Waals surface area contributed by atoms with E-state index in [2.05, 4.69) is 39.3 Å². The number of carbonyl (C=O) groups excluding carboxylic acids is 1. The number of rotatable bonds is 6. The molecule has 0 radical (unpaired) electrons. The fourth-order valence-electron chi connectivity index (χ4n) is 3.92. The number of benzene rings is 1. The zero-order valence-corrected chi connectivity index (χ0v) is 19.3. The third-order valence-electron chi connectivity index (χ3n) is 5.53. The number of hydrogen-bond acceptors (Lipinski definition) is 6. The Kier molecular flexibility index (Phi) is 6.40. The molecular weight excluding hydrogens is 493 g/mol. The summed E-state index contributed by atoms with van der Waals surface area (Å²) in [5, 5.41) is 7.58. The standard InChI is InChI=1S/C22H26IN5O2/c1-28(2)20-16-5-3-4-6-17(16)26-22(27-20)25-15-9-7-14(8-10-15)13-24-21(29)18-11-12-19(23)30-18/h3-6,11-12,14-15H,7-10,13H2,1-2H3,(H,24,29)(H,25,26,27). The molecule has 2 N–H and O–H groups in total. The van der Waals surface area contributed by atoms with Gasteiger partial charge in [0.25, 0.3) is 5.91 Å². The van der Waals surface area contributed by atoms with Crippen molar-refractivity contribution in [2.24, 2.45) is 5.92 Å². The van der Waals surface area contributed by atoms with Gasteiger partial charge < -0.3 is 20.0 Å². The first kappa shape index (κ1) is 20.9. The molecule has 1 saturated carbocycles. The molecule has 1 aromatic carbocycles. The summed E-state index contributed by atoms with van der Waals surface area (Å²) >= 11 is 2.06. The van der Waals surface area contributed by atoms with Crippen molar-refractivity contribution in [2.45, 2.75) is 31.7 Å². The van der Waals surface area contributed by atoms with Crippen molar-refractivity contribution in [1.82, 2.24) is 15.3 Å². The smallest absolute Gasteiger partial charge is 0.287 e.